The zero-order valence-corrected chi connectivity index (χ0v) is 12.1. The van der Waals surface area contributed by atoms with Crippen molar-refractivity contribution in [3.63, 3.8) is 0 Å². The van der Waals surface area contributed by atoms with E-state index in [1.54, 1.807) is 6.07 Å². The van der Waals surface area contributed by atoms with Gasteiger partial charge in [-0.15, -0.1) is 0 Å². The number of aryl methyl sites for hydroxylation is 1. The average molecular weight is 300 g/mol. The van der Waals surface area contributed by atoms with E-state index in [4.69, 9.17) is 9.15 Å². The monoisotopic (exact) mass is 300 g/mol. The van der Waals surface area contributed by atoms with Crippen LogP contribution in [-0.2, 0) is 21.3 Å². The predicted molar refractivity (Wildman–Crippen MR) is 73.2 cm³/mol. The fourth-order valence-corrected chi connectivity index (χ4v) is 2.90. The Morgan fingerprint density at radius 2 is 2.15 bits per heavy atom. The summed E-state index contributed by atoms with van der Waals surface area (Å²) in [7, 11) is -2.15. The number of nitrogens with one attached hydrogen (secondary N) is 1. The van der Waals surface area contributed by atoms with E-state index in [1.165, 1.54) is 23.8 Å². The Hall–Kier alpha value is -1.64. The van der Waals surface area contributed by atoms with E-state index in [1.807, 2.05) is 6.92 Å². The fraction of sp³-hybridized carbons (Fsp3) is 0.417. The summed E-state index contributed by atoms with van der Waals surface area (Å²) in [5.74, 6) is -0.496. The molecule has 0 aliphatic rings. The van der Waals surface area contributed by atoms with Crippen molar-refractivity contribution in [1.29, 1.82) is 0 Å². The van der Waals surface area contributed by atoms with Gasteiger partial charge in [0.05, 0.1) is 17.0 Å². The molecule has 0 radical (unpaired) electrons. The van der Waals surface area contributed by atoms with E-state index < -0.39 is 15.8 Å². The molecule has 0 fully saturated rings. The largest absolute Gasteiger partial charge is 0.419 e. The number of sulfonamides is 1. The molecule has 0 aliphatic heterocycles. The SMILES string of the molecule is CCn1c(=O)oc2cc(S(=O)(=O)NCCOC)ccc21. The minimum atomic E-state index is -3.64. The third kappa shape index (κ3) is 2.77. The summed E-state index contributed by atoms with van der Waals surface area (Å²) in [5, 5.41) is 0. The van der Waals surface area contributed by atoms with Gasteiger partial charge >= 0.3 is 5.76 Å². The second-order valence-corrected chi connectivity index (χ2v) is 5.90. The zero-order valence-electron chi connectivity index (χ0n) is 11.3. The summed E-state index contributed by atoms with van der Waals surface area (Å²) in [6.07, 6.45) is 0. The highest BCUT2D eigenvalue weighted by Crippen LogP contribution is 2.18. The predicted octanol–water partition coefficient (Wildman–Crippen LogP) is 0.539. The van der Waals surface area contributed by atoms with Gasteiger partial charge in [-0.05, 0) is 19.1 Å². The minimum absolute atomic E-state index is 0.0538. The molecule has 1 heterocycles. The van der Waals surface area contributed by atoms with Crippen molar-refractivity contribution in [3.8, 4) is 0 Å². The molecule has 8 heteroatoms. The van der Waals surface area contributed by atoms with Gasteiger partial charge in [0.25, 0.3) is 0 Å². The van der Waals surface area contributed by atoms with Gasteiger partial charge in [-0.1, -0.05) is 0 Å². The number of hydrogen-bond donors (Lipinski definition) is 1. The first kappa shape index (κ1) is 14.8. The molecule has 0 atom stereocenters. The van der Waals surface area contributed by atoms with Crippen molar-refractivity contribution in [2.75, 3.05) is 20.3 Å². The Morgan fingerprint density at radius 1 is 1.40 bits per heavy atom. The Balaban J connectivity index is 2.39. The number of methoxy groups -OCH3 is 1. The molecule has 7 nitrogen and oxygen atoms in total. The van der Waals surface area contributed by atoms with E-state index >= 15 is 0 Å². The minimum Gasteiger partial charge on any atom is -0.408 e. The molecule has 0 spiro atoms. The van der Waals surface area contributed by atoms with Crippen molar-refractivity contribution in [2.45, 2.75) is 18.4 Å². The lowest BCUT2D eigenvalue weighted by atomic mass is 10.3. The molecule has 0 saturated carbocycles. The highest BCUT2D eigenvalue weighted by Gasteiger charge is 2.16. The molecule has 0 bridgehead atoms. The maximum absolute atomic E-state index is 12.0. The fourth-order valence-electron chi connectivity index (χ4n) is 1.87. The second kappa shape index (κ2) is 5.78. The van der Waals surface area contributed by atoms with Crippen LogP contribution in [0.4, 0.5) is 0 Å². The number of rotatable bonds is 6. The Labute approximate surface area is 116 Å². The number of aromatic nitrogens is 1. The lowest BCUT2D eigenvalue weighted by molar-refractivity contribution is 0.204. The lowest BCUT2D eigenvalue weighted by Gasteiger charge is -2.06. The van der Waals surface area contributed by atoms with Gasteiger partial charge in [0, 0.05) is 26.3 Å². The molecular weight excluding hydrogens is 284 g/mol. The average Bonchev–Trinajstić information content (AvgIpc) is 2.73. The number of benzene rings is 1. The summed E-state index contributed by atoms with van der Waals surface area (Å²) >= 11 is 0. The summed E-state index contributed by atoms with van der Waals surface area (Å²) < 4.78 is 37.7. The molecule has 110 valence electrons. The lowest BCUT2D eigenvalue weighted by Crippen LogP contribution is -2.27. The van der Waals surface area contributed by atoms with Gasteiger partial charge in [-0.2, -0.15) is 0 Å². The highest BCUT2D eigenvalue weighted by molar-refractivity contribution is 7.89. The van der Waals surface area contributed by atoms with Gasteiger partial charge in [-0.3, -0.25) is 4.57 Å². The summed E-state index contributed by atoms with van der Waals surface area (Å²) in [6.45, 7) is 2.73. The highest BCUT2D eigenvalue weighted by atomic mass is 32.2. The molecule has 0 aliphatic carbocycles. The first-order chi connectivity index (χ1) is 9.49. The van der Waals surface area contributed by atoms with Crippen LogP contribution in [-0.4, -0.2) is 33.2 Å². The third-order valence-electron chi connectivity index (χ3n) is 2.86. The van der Waals surface area contributed by atoms with Crippen LogP contribution in [0.25, 0.3) is 11.1 Å². The molecule has 2 rings (SSSR count). The Morgan fingerprint density at radius 3 is 2.80 bits per heavy atom. The zero-order chi connectivity index (χ0) is 14.8. The quantitative estimate of drug-likeness (QED) is 0.786. The van der Waals surface area contributed by atoms with E-state index in [9.17, 15) is 13.2 Å². The van der Waals surface area contributed by atoms with E-state index in [-0.39, 0.29) is 23.6 Å². The van der Waals surface area contributed by atoms with Crippen LogP contribution in [0.5, 0.6) is 0 Å². The van der Waals surface area contributed by atoms with Crippen molar-refractivity contribution >= 4 is 21.1 Å². The van der Waals surface area contributed by atoms with E-state index in [2.05, 4.69) is 4.72 Å². The molecule has 1 aromatic carbocycles. The smallest absolute Gasteiger partial charge is 0.408 e. The Bertz CT molecular complexity index is 760. The van der Waals surface area contributed by atoms with Gasteiger partial charge < -0.3 is 9.15 Å². The van der Waals surface area contributed by atoms with Crippen LogP contribution in [0.15, 0.2) is 32.3 Å². The number of nitrogens with zero attached hydrogens (tertiary/aromatic N) is 1. The molecule has 0 unspecified atom stereocenters. The molecule has 20 heavy (non-hydrogen) atoms. The number of ether oxygens (including phenoxy) is 1. The van der Waals surface area contributed by atoms with Crippen LogP contribution in [0, 0.1) is 0 Å². The summed E-state index contributed by atoms with van der Waals surface area (Å²) in [5.41, 5.74) is 0.833. The van der Waals surface area contributed by atoms with Gasteiger partial charge in [0.1, 0.15) is 0 Å². The van der Waals surface area contributed by atoms with Crippen LogP contribution in [0.1, 0.15) is 6.92 Å². The Kier molecular flexibility index (Phi) is 4.26. The van der Waals surface area contributed by atoms with Crippen LogP contribution >= 0.6 is 0 Å². The molecule has 1 N–H and O–H groups in total. The molecule has 0 saturated heterocycles. The van der Waals surface area contributed by atoms with Crippen molar-refractivity contribution in [1.82, 2.24) is 9.29 Å². The molecule has 2 aromatic rings. The molecular formula is C12H16N2O5S. The van der Waals surface area contributed by atoms with Gasteiger partial charge in [-0.25, -0.2) is 17.9 Å². The van der Waals surface area contributed by atoms with Gasteiger partial charge in [0.2, 0.25) is 10.0 Å². The molecule has 0 amide bonds. The van der Waals surface area contributed by atoms with E-state index in [0.29, 0.717) is 12.1 Å². The van der Waals surface area contributed by atoms with Crippen LogP contribution < -0.4 is 10.5 Å². The standard InChI is InChI=1S/C12H16N2O5S/c1-3-14-10-5-4-9(8-11(10)19-12(14)15)20(16,17)13-6-7-18-2/h4-5,8,13H,3,6-7H2,1-2H3. The number of fused-ring (bicyclic) bond motifs is 1. The summed E-state index contributed by atoms with van der Waals surface area (Å²) in [6, 6.07) is 4.35. The van der Waals surface area contributed by atoms with Crippen molar-refractivity contribution in [3.05, 3.63) is 28.7 Å². The van der Waals surface area contributed by atoms with Crippen LogP contribution in [0.3, 0.4) is 0 Å². The molecule has 1 aromatic heterocycles. The first-order valence-corrected chi connectivity index (χ1v) is 7.60. The van der Waals surface area contributed by atoms with E-state index in [0.717, 1.165) is 0 Å². The topological polar surface area (TPSA) is 90.5 Å². The number of hydrogen-bond acceptors (Lipinski definition) is 5. The first-order valence-electron chi connectivity index (χ1n) is 6.11. The number of oxazole rings is 1. The third-order valence-corrected chi connectivity index (χ3v) is 4.32. The van der Waals surface area contributed by atoms with Crippen molar-refractivity contribution in [2.24, 2.45) is 0 Å². The maximum Gasteiger partial charge on any atom is 0.419 e. The van der Waals surface area contributed by atoms with Crippen molar-refractivity contribution < 1.29 is 17.6 Å². The van der Waals surface area contributed by atoms with Crippen LogP contribution in [0.2, 0.25) is 0 Å². The normalized spacial score (nSPS) is 12.1. The summed E-state index contributed by atoms with van der Waals surface area (Å²) in [4.78, 5) is 11.6. The van der Waals surface area contributed by atoms with Gasteiger partial charge in [0.15, 0.2) is 5.58 Å². The maximum atomic E-state index is 12.0. The second-order valence-electron chi connectivity index (χ2n) is 4.13.